The Labute approximate surface area is 142 Å². The van der Waals surface area contributed by atoms with Gasteiger partial charge in [0.25, 0.3) is 0 Å². The van der Waals surface area contributed by atoms with E-state index in [0.717, 1.165) is 25.3 Å². The highest BCUT2D eigenvalue weighted by molar-refractivity contribution is 5.87. The minimum absolute atomic E-state index is 0.214. The first-order chi connectivity index (χ1) is 11.5. The molecule has 0 radical (unpaired) electrons. The van der Waals surface area contributed by atoms with E-state index < -0.39 is 5.97 Å². The molecule has 0 amide bonds. The fourth-order valence-corrected chi connectivity index (χ4v) is 3.32. The summed E-state index contributed by atoms with van der Waals surface area (Å²) >= 11 is 0. The molecule has 1 fully saturated rings. The molecule has 0 spiro atoms. The van der Waals surface area contributed by atoms with Crippen LogP contribution in [-0.2, 0) is 4.74 Å². The van der Waals surface area contributed by atoms with Crippen LogP contribution in [0.1, 0.15) is 42.2 Å². The first-order valence-electron chi connectivity index (χ1n) is 8.21. The predicted molar refractivity (Wildman–Crippen MR) is 93.2 cm³/mol. The summed E-state index contributed by atoms with van der Waals surface area (Å²) in [4.78, 5) is 22.5. The zero-order valence-electron chi connectivity index (χ0n) is 14.4. The van der Waals surface area contributed by atoms with Crippen molar-refractivity contribution in [2.24, 2.45) is 5.41 Å². The van der Waals surface area contributed by atoms with E-state index in [1.54, 1.807) is 6.20 Å². The second-order valence-electron chi connectivity index (χ2n) is 6.90. The van der Waals surface area contributed by atoms with Crippen molar-refractivity contribution in [3.05, 3.63) is 54.0 Å². The number of esters is 1. The molecule has 1 unspecified atom stereocenters. The number of nitrogens with zero attached hydrogens (tertiary/aromatic N) is 3. The van der Waals surface area contributed by atoms with Crippen molar-refractivity contribution in [1.29, 1.82) is 0 Å². The van der Waals surface area contributed by atoms with Gasteiger partial charge in [0.2, 0.25) is 0 Å². The maximum Gasteiger partial charge on any atom is 0.358 e. The Morgan fingerprint density at radius 3 is 2.71 bits per heavy atom. The van der Waals surface area contributed by atoms with E-state index in [1.165, 1.54) is 18.9 Å². The number of aromatic nitrogens is 2. The summed E-state index contributed by atoms with van der Waals surface area (Å²) in [6.45, 7) is 6.39. The van der Waals surface area contributed by atoms with E-state index >= 15 is 0 Å². The molecule has 126 valence electrons. The molecule has 1 aromatic carbocycles. The Morgan fingerprint density at radius 2 is 2.00 bits per heavy atom. The van der Waals surface area contributed by atoms with Crippen LogP contribution in [0.5, 0.6) is 0 Å². The van der Waals surface area contributed by atoms with Gasteiger partial charge in [0.15, 0.2) is 5.69 Å². The molecule has 0 saturated carbocycles. The summed E-state index contributed by atoms with van der Waals surface area (Å²) in [7, 11) is 1.35. The van der Waals surface area contributed by atoms with Gasteiger partial charge in [-0.05, 0) is 17.4 Å². The number of anilines is 1. The van der Waals surface area contributed by atoms with Crippen molar-refractivity contribution in [2.45, 2.75) is 26.2 Å². The number of hydrogen-bond donors (Lipinski definition) is 0. The Kier molecular flexibility index (Phi) is 4.51. The average Bonchev–Trinajstić information content (AvgIpc) is 2.61. The molecule has 2 heterocycles. The summed E-state index contributed by atoms with van der Waals surface area (Å²) in [5.41, 5.74) is 1.80. The molecule has 1 saturated heterocycles. The van der Waals surface area contributed by atoms with Crippen molar-refractivity contribution in [1.82, 2.24) is 9.97 Å². The number of carbonyl (C=O) groups excluding carboxylic acids is 1. The predicted octanol–water partition coefficient (Wildman–Crippen LogP) is 3.28. The standard InChI is InChI=1S/C19H23N3O2/c1-19(2)9-10-22(13-15(19)14-7-5-4-6-8-14)17-12-20-11-16(21-17)18(23)24-3/h4-8,11-12,15H,9-10,13H2,1-3H3. The van der Waals surface area contributed by atoms with Crippen LogP contribution in [0.15, 0.2) is 42.7 Å². The van der Waals surface area contributed by atoms with Gasteiger partial charge < -0.3 is 9.64 Å². The average molecular weight is 325 g/mol. The van der Waals surface area contributed by atoms with E-state index in [2.05, 4.69) is 53.0 Å². The molecule has 24 heavy (non-hydrogen) atoms. The van der Waals surface area contributed by atoms with E-state index in [0.29, 0.717) is 5.92 Å². The SMILES string of the molecule is COC(=O)c1cncc(N2CCC(C)(C)C(c3ccccc3)C2)n1. The van der Waals surface area contributed by atoms with Gasteiger partial charge in [0, 0.05) is 19.0 Å². The highest BCUT2D eigenvalue weighted by atomic mass is 16.5. The van der Waals surface area contributed by atoms with E-state index in [-0.39, 0.29) is 11.1 Å². The van der Waals surface area contributed by atoms with Crippen molar-refractivity contribution in [3.63, 3.8) is 0 Å². The Bertz CT molecular complexity index is 716. The number of methoxy groups -OCH3 is 1. The minimum Gasteiger partial charge on any atom is -0.464 e. The monoisotopic (exact) mass is 325 g/mol. The number of benzene rings is 1. The fraction of sp³-hybridized carbons (Fsp3) is 0.421. The van der Waals surface area contributed by atoms with Crippen LogP contribution in [0.4, 0.5) is 5.82 Å². The van der Waals surface area contributed by atoms with Crippen molar-refractivity contribution in [3.8, 4) is 0 Å². The van der Waals surface area contributed by atoms with Crippen molar-refractivity contribution in [2.75, 3.05) is 25.1 Å². The van der Waals surface area contributed by atoms with Gasteiger partial charge in [-0.2, -0.15) is 0 Å². The smallest absolute Gasteiger partial charge is 0.358 e. The second-order valence-corrected chi connectivity index (χ2v) is 6.90. The number of ether oxygens (including phenoxy) is 1. The highest BCUT2D eigenvalue weighted by Crippen LogP contribution is 2.43. The van der Waals surface area contributed by atoms with Crippen LogP contribution in [0, 0.1) is 5.41 Å². The van der Waals surface area contributed by atoms with Crippen LogP contribution in [0.2, 0.25) is 0 Å². The van der Waals surface area contributed by atoms with Crippen molar-refractivity contribution >= 4 is 11.8 Å². The van der Waals surface area contributed by atoms with E-state index in [9.17, 15) is 4.79 Å². The summed E-state index contributed by atoms with van der Waals surface area (Å²) in [6.07, 6.45) is 4.21. The zero-order chi connectivity index (χ0) is 17.2. The number of rotatable bonds is 3. The lowest BCUT2D eigenvalue weighted by molar-refractivity contribution is 0.0593. The molecule has 0 aliphatic carbocycles. The van der Waals surface area contributed by atoms with Crippen LogP contribution < -0.4 is 4.90 Å². The second kappa shape index (κ2) is 6.59. The summed E-state index contributed by atoms with van der Waals surface area (Å²) in [5, 5.41) is 0. The van der Waals surface area contributed by atoms with Crippen LogP contribution in [0.3, 0.4) is 0 Å². The largest absolute Gasteiger partial charge is 0.464 e. The summed E-state index contributed by atoms with van der Waals surface area (Å²) in [5.74, 6) is 0.673. The number of hydrogen-bond acceptors (Lipinski definition) is 5. The highest BCUT2D eigenvalue weighted by Gasteiger charge is 2.37. The molecule has 0 N–H and O–H groups in total. The molecular weight excluding hydrogens is 302 g/mol. The van der Waals surface area contributed by atoms with Gasteiger partial charge in [-0.25, -0.2) is 9.78 Å². The lowest BCUT2D eigenvalue weighted by atomic mass is 9.70. The lowest BCUT2D eigenvalue weighted by Gasteiger charge is -2.44. The first kappa shape index (κ1) is 16.4. The van der Waals surface area contributed by atoms with Gasteiger partial charge in [-0.15, -0.1) is 0 Å². The molecule has 5 nitrogen and oxygen atoms in total. The molecule has 1 aromatic heterocycles. The number of piperidine rings is 1. The maximum absolute atomic E-state index is 11.7. The molecular formula is C19H23N3O2. The van der Waals surface area contributed by atoms with Gasteiger partial charge in [0.05, 0.1) is 19.5 Å². The Hall–Kier alpha value is -2.43. The lowest BCUT2D eigenvalue weighted by Crippen LogP contribution is -2.44. The Morgan fingerprint density at radius 1 is 1.25 bits per heavy atom. The van der Waals surface area contributed by atoms with Crippen LogP contribution in [0.25, 0.3) is 0 Å². The number of carbonyl (C=O) groups is 1. The topological polar surface area (TPSA) is 55.3 Å². The normalized spacial score (nSPS) is 19.8. The van der Waals surface area contributed by atoms with Crippen LogP contribution in [-0.4, -0.2) is 36.1 Å². The minimum atomic E-state index is -0.457. The van der Waals surface area contributed by atoms with E-state index in [4.69, 9.17) is 4.74 Å². The first-order valence-corrected chi connectivity index (χ1v) is 8.21. The van der Waals surface area contributed by atoms with E-state index in [1.807, 2.05) is 6.07 Å². The quantitative estimate of drug-likeness (QED) is 0.811. The molecule has 1 aliphatic heterocycles. The van der Waals surface area contributed by atoms with Crippen molar-refractivity contribution < 1.29 is 9.53 Å². The molecule has 1 aliphatic rings. The molecule has 1 atom stereocenters. The fourth-order valence-electron chi connectivity index (χ4n) is 3.32. The molecule has 3 rings (SSSR count). The zero-order valence-corrected chi connectivity index (χ0v) is 14.4. The van der Waals surface area contributed by atoms with Gasteiger partial charge in [-0.3, -0.25) is 4.98 Å². The third-order valence-corrected chi connectivity index (χ3v) is 4.91. The summed E-state index contributed by atoms with van der Waals surface area (Å²) < 4.78 is 4.74. The molecule has 5 heteroatoms. The van der Waals surface area contributed by atoms with Gasteiger partial charge >= 0.3 is 5.97 Å². The Balaban J connectivity index is 1.87. The van der Waals surface area contributed by atoms with Gasteiger partial charge in [-0.1, -0.05) is 44.2 Å². The third-order valence-electron chi connectivity index (χ3n) is 4.91. The third kappa shape index (κ3) is 3.25. The molecule has 0 bridgehead atoms. The van der Waals surface area contributed by atoms with Gasteiger partial charge in [0.1, 0.15) is 5.82 Å². The summed E-state index contributed by atoms with van der Waals surface area (Å²) in [6, 6.07) is 10.6. The van der Waals surface area contributed by atoms with Crippen LogP contribution >= 0.6 is 0 Å². The maximum atomic E-state index is 11.7. The molecule has 2 aromatic rings.